The molecular formula is C15H24ClNO2S. The normalized spacial score (nSPS) is 14.0. The van der Waals surface area contributed by atoms with Gasteiger partial charge in [-0.3, -0.25) is 0 Å². The van der Waals surface area contributed by atoms with E-state index in [4.69, 9.17) is 11.6 Å². The zero-order valence-corrected chi connectivity index (χ0v) is 14.4. The molecule has 1 aromatic carbocycles. The zero-order valence-electron chi connectivity index (χ0n) is 12.9. The second kappa shape index (κ2) is 6.92. The summed E-state index contributed by atoms with van der Waals surface area (Å²) < 4.78 is 26.9. The molecular weight excluding hydrogens is 294 g/mol. The number of nitrogens with zero attached hydrogens (tertiary/aromatic N) is 1. The van der Waals surface area contributed by atoms with Gasteiger partial charge in [0.15, 0.2) is 0 Å². The summed E-state index contributed by atoms with van der Waals surface area (Å²) in [6, 6.07) is 5.23. The van der Waals surface area contributed by atoms with Crippen molar-refractivity contribution in [1.82, 2.24) is 4.31 Å². The molecule has 0 fully saturated rings. The molecule has 0 aliphatic heterocycles. The van der Waals surface area contributed by atoms with Crippen molar-refractivity contribution in [2.75, 3.05) is 7.05 Å². The van der Waals surface area contributed by atoms with Gasteiger partial charge in [0.2, 0.25) is 10.0 Å². The van der Waals surface area contributed by atoms with Crippen molar-refractivity contribution >= 4 is 21.6 Å². The van der Waals surface area contributed by atoms with E-state index in [1.807, 2.05) is 19.9 Å². The Bertz CT molecular complexity index is 555. The van der Waals surface area contributed by atoms with Gasteiger partial charge in [-0.25, -0.2) is 8.42 Å². The molecule has 0 saturated carbocycles. The van der Waals surface area contributed by atoms with Crippen LogP contribution in [0.3, 0.4) is 0 Å². The standard InChI is InChI=1S/C15H24ClNO2S/c1-11(2)9-12(3)17(5)20(18,19)15-8-6-7-14(10-16)13(15)4/h6-8,11-12H,9-10H2,1-5H3. The topological polar surface area (TPSA) is 37.4 Å². The van der Waals surface area contributed by atoms with Crippen LogP contribution in [0.25, 0.3) is 0 Å². The monoisotopic (exact) mass is 317 g/mol. The fourth-order valence-electron chi connectivity index (χ4n) is 2.31. The van der Waals surface area contributed by atoms with E-state index < -0.39 is 10.0 Å². The van der Waals surface area contributed by atoms with Crippen LogP contribution in [0.4, 0.5) is 0 Å². The maximum atomic E-state index is 12.7. The van der Waals surface area contributed by atoms with Crippen LogP contribution in [0, 0.1) is 12.8 Å². The van der Waals surface area contributed by atoms with E-state index in [1.54, 1.807) is 19.2 Å². The van der Waals surface area contributed by atoms with Gasteiger partial charge in [0.25, 0.3) is 0 Å². The number of alkyl halides is 1. The van der Waals surface area contributed by atoms with Crippen molar-refractivity contribution in [3.05, 3.63) is 29.3 Å². The molecule has 0 radical (unpaired) electrons. The molecule has 0 amide bonds. The van der Waals surface area contributed by atoms with Crippen LogP contribution in [0.1, 0.15) is 38.3 Å². The third kappa shape index (κ3) is 3.74. The van der Waals surface area contributed by atoms with E-state index in [0.717, 1.165) is 17.5 Å². The lowest BCUT2D eigenvalue weighted by Crippen LogP contribution is -2.36. The maximum Gasteiger partial charge on any atom is 0.243 e. The number of rotatable bonds is 6. The van der Waals surface area contributed by atoms with Gasteiger partial charge in [0.05, 0.1) is 4.90 Å². The van der Waals surface area contributed by atoms with Crippen LogP contribution in [0.15, 0.2) is 23.1 Å². The van der Waals surface area contributed by atoms with Crippen LogP contribution < -0.4 is 0 Å². The first-order valence-corrected chi connectivity index (χ1v) is 8.81. The van der Waals surface area contributed by atoms with E-state index in [0.29, 0.717) is 16.7 Å². The average molecular weight is 318 g/mol. The van der Waals surface area contributed by atoms with Crippen molar-refractivity contribution in [1.29, 1.82) is 0 Å². The molecule has 0 heterocycles. The molecule has 1 aromatic rings. The van der Waals surface area contributed by atoms with E-state index in [2.05, 4.69) is 13.8 Å². The van der Waals surface area contributed by atoms with E-state index in [-0.39, 0.29) is 6.04 Å². The fraction of sp³-hybridized carbons (Fsp3) is 0.600. The van der Waals surface area contributed by atoms with Crippen molar-refractivity contribution in [3.63, 3.8) is 0 Å². The molecule has 0 saturated heterocycles. The van der Waals surface area contributed by atoms with Gasteiger partial charge in [0, 0.05) is 19.0 Å². The Balaban J connectivity index is 3.17. The largest absolute Gasteiger partial charge is 0.243 e. The second-order valence-electron chi connectivity index (χ2n) is 5.67. The Kier molecular flexibility index (Phi) is 6.05. The van der Waals surface area contributed by atoms with E-state index >= 15 is 0 Å². The number of hydrogen-bond acceptors (Lipinski definition) is 2. The molecule has 1 atom stereocenters. The predicted molar refractivity (Wildman–Crippen MR) is 84.6 cm³/mol. The lowest BCUT2D eigenvalue weighted by Gasteiger charge is -2.26. The minimum atomic E-state index is -3.47. The first kappa shape index (κ1) is 17.5. The molecule has 1 rings (SSSR count). The summed E-state index contributed by atoms with van der Waals surface area (Å²) in [5.41, 5.74) is 1.60. The molecule has 114 valence electrons. The van der Waals surface area contributed by atoms with Crippen LogP contribution >= 0.6 is 11.6 Å². The summed E-state index contributed by atoms with van der Waals surface area (Å²) in [7, 11) is -1.82. The smallest absolute Gasteiger partial charge is 0.207 e. The highest BCUT2D eigenvalue weighted by Crippen LogP contribution is 2.25. The highest BCUT2D eigenvalue weighted by molar-refractivity contribution is 7.89. The van der Waals surface area contributed by atoms with Crippen molar-refractivity contribution in [2.24, 2.45) is 5.92 Å². The van der Waals surface area contributed by atoms with Crippen LogP contribution in [-0.2, 0) is 15.9 Å². The van der Waals surface area contributed by atoms with Gasteiger partial charge in [0.1, 0.15) is 0 Å². The lowest BCUT2D eigenvalue weighted by molar-refractivity contribution is 0.337. The highest BCUT2D eigenvalue weighted by Gasteiger charge is 2.27. The van der Waals surface area contributed by atoms with E-state index in [9.17, 15) is 8.42 Å². The molecule has 0 spiro atoms. The third-order valence-corrected chi connectivity index (χ3v) is 6.03. The molecule has 0 aliphatic rings. The van der Waals surface area contributed by atoms with Crippen molar-refractivity contribution in [3.8, 4) is 0 Å². The molecule has 3 nitrogen and oxygen atoms in total. The quantitative estimate of drug-likeness (QED) is 0.749. The van der Waals surface area contributed by atoms with Gasteiger partial charge in [-0.2, -0.15) is 4.31 Å². The summed E-state index contributed by atoms with van der Waals surface area (Å²) >= 11 is 5.86. The minimum absolute atomic E-state index is 0.0287. The predicted octanol–water partition coefficient (Wildman–Crippen LogP) is 3.79. The van der Waals surface area contributed by atoms with Gasteiger partial charge < -0.3 is 0 Å². The summed E-state index contributed by atoms with van der Waals surface area (Å²) in [6.07, 6.45) is 0.837. The highest BCUT2D eigenvalue weighted by atomic mass is 35.5. The number of hydrogen-bond donors (Lipinski definition) is 0. The maximum absolute atomic E-state index is 12.7. The molecule has 0 bridgehead atoms. The molecule has 1 unspecified atom stereocenters. The number of benzene rings is 1. The van der Waals surface area contributed by atoms with Crippen LogP contribution in [-0.4, -0.2) is 25.8 Å². The summed E-state index contributed by atoms with van der Waals surface area (Å²) in [4.78, 5) is 0.355. The van der Waals surface area contributed by atoms with Crippen LogP contribution in [0.5, 0.6) is 0 Å². The zero-order chi connectivity index (χ0) is 15.5. The van der Waals surface area contributed by atoms with Gasteiger partial charge in [-0.1, -0.05) is 26.0 Å². The van der Waals surface area contributed by atoms with Crippen molar-refractivity contribution in [2.45, 2.75) is 50.9 Å². The van der Waals surface area contributed by atoms with Gasteiger partial charge >= 0.3 is 0 Å². The second-order valence-corrected chi connectivity index (χ2v) is 7.91. The summed E-state index contributed by atoms with van der Waals surface area (Å²) in [5, 5.41) is 0. The lowest BCUT2D eigenvalue weighted by atomic mass is 10.1. The average Bonchev–Trinajstić information content (AvgIpc) is 2.36. The molecule has 5 heteroatoms. The number of sulfonamides is 1. The Morgan fingerprint density at radius 2 is 1.85 bits per heavy atom. The molecule has 0 aromatic heterocycles. The van der Waals surface area contributed by atoms with Crippen molar-refractivity contribution < 1.29 is 8.42 Å². The first-order valence-electron chi connectivity index (χ1n) is 6.84. The minimum Gasteiger partial charge on any atom is -0.207 e. The summed E-state index contributed by atoms with van der Waals surface area (Å²) in [5.74, 6) is 0.776. The van der Waals surface area contributed by atoms with Gasteiger partial charge in [-0.05, 0) is 43.4 Å². The molecule has 20 heavy (non-hydrogen) atoms. The third-order valence-electron chi connectivity index (χ3n) is 3.63. The SMILES string of the molecule is Cc1c(CCl)cccc1S(=O)(=O)N(C)C(C)CC(C)C. The Hall–Kier alpha value is -0.580. The summed E-state index contributed by atoms with van der Waals surface area (Å²) in [6.45, 7) is 7.94. The van der Waals surface area contributed by atoms with E-state index in [1.165, 1.54) is 4.31 Å². The Morgan fingerprint density at radius 1 is 1.25 bits per heavy atom. The Labute approximate surface area is 128 Å². The van der Waals surface area contributed by atoms with Gasteiger partial charge in [-0.15, -0.1) is 11.6 Å². The Morgan fingerprint density at radius 3 is 2.35 bits per heavy atom. The van der Waals surface area contributed by atoms with Crippen LogP contribution in [0.2, 0.25) is 0 Å². The molecule has 0 aliphatic carbocycles. The molecule has 0 N–H and O–H groups in total. The fourth-order valence-corrected chi connectivity index (χ4v) is 4.24. The first-order chi connectivity index (χ1) is 9.21. The number of halogens is 1.